The molecule has 1 unspecified atom stereocenters. The van der Waals surface area contributed by atoms with E-state index in [4.69, 9.17) is 5.73 Å². The van der Waals surface area contributed by atoms with Gasteiger partial charge in [0, 0.05) is 0 Å². The van der Waals surface area contributed by atoms with Crippen LogP contribution in [-0.2, 0) is 9.53 Å². The van der Waals surface area contributed by atoms with Crippen molar-refractivity contribution in [1.82, 2.24) is 0 Å². The van der Waals surface area contributed by atoms with Gasteiger partial charge in [-0.15, -0.1) is 12.4 Å². The molecule has 0 fully saturated rings. The zero-order valence-electron chi connectivity index (χ0n) is 7.71. The van der Waals surface area contributed by atoms with Crippen LogP contribution in [0, 0.1) is 5.92 Å². The maximum Gasteiger partial charge on any atom is 0.378 e. The molecule has 2 N–H and O–H groups in total. The Morgan fingerprint density at radius 3 is 2.08 bits per heavy atom. The molecule has 0 saturated carbocycles. The van der Waals surface area contributed by atoms with Crippen molar-refractivity contribution in [3.8, 4) is 0 Å². The number of rotatable bonds is 3. The van der Waals surface area contributed by atoms with Gasteiger partial charge in [0.1, 0.15) is 0 Å². The summed E-state index contributed by atoms with van der Waals surface area (Å²) in [6.07, 6.45) is 0. The van der Waals surface area contributed by atoms with Crippen molar-refractivity contribution >= 4 is 18.4 Å². The van der Waals surface area contributed by atoms with Gasteiger partial charge in [-0.25, -0.2) is 4.79 Å². The topological polar surface area (TPSA) is 52.3 Å². The quantitative estimate of drug-likeness (QED) is 0.723. The first-order valence-electron chi connectivity index (χ1n) is 3.55. The molecule has 0 bridgehead atoms. The number of methoxy groups -OCH3 is 1. The fourth-order valence-electron chi connectivity index (χ4n) is 0.691. The molecule has 0 heterocycles. The van der Waals surface area contributed by atoms with Crippen molar-refractivity contribution in [2.45, 2.75) is 25.8 Å². The van der Waals surface area contributed by atoms with Gasteiger partial charge in [-0.2, -0.15) is 8.78 Å². The summed E-state index contributed by atoms with van der Waals surface area (Å²) in [7, 11) is 0.906. The summed E-state index contributed by atoms with van der Waals surface area (Å²) in [5.41, 5.74) is 5.12. The Labute approximate surface area is 82.0 Å². The van der Waals surface area contributed by atoms with E-state index in [9.17, 15) is 13.6 Å². The minimum atomic E-state index is -3.59. The normalized spacial score (nSPS) is 13.5. The van der Waals surface area contributed by atoms with Crippen molar-refractivity contribution in [3.63, 3.8) is 0 Å². The summed E-state index contributed by atoms with van der Waals surface area (Å²) in [4.78, 5) is 10.5. The summed E-state index contributed by atoms with van der Waals surface area (Å²) in [5, 5.41) is 0. The molecular weight excluding hydrogens is 204 g/mol. The number of hydrogen-bond donors (Lipinski definition) is 1. The Hall–Kier alpha value is -0.420. The largest absolute Gasteiger partial charge is 0.465 e. The summed E-state index contributed by atoms with van der Waals surface area (Å²) >= 11 is 0. The maximum absolute atomic E-state index is 12.9. The van der Waals surface area contributed by atoms with Gasteiger partial charge < -0.3 is 10.5 Å². The molecule has 80 valence electrons. The molecule has 1 atom stereocenters. The second-order valence-electron chi connectivity index (χ2n) is 2.88. The van der Waals surface area contributed by atoms with E-state index in [-0.39, 0.29) is 12.4 Å². The van der Waals surface area contributed by atoms with Crippen LogP contribution >= 0.6 is 12.4 Å². The summed E-state index contributed by atoms with van der Waals surface area (Å²) < 4.78 is 29.6. The van der Waals surface area contributed by atoms with Gasteiger partial charge >= 0.3 is 11.9 Å². The highest BCUT2D eigenvalue weighted by molar-refractivity contribution is 5.85. The van der Waals surface area contributed by atoms with Gasteiger partial charge in [-0.3, -0.25) is 0 Å². The Bertz CT molecular complexity index is 176. The van der Waals surface area contributed by atoms with Crippen LogP contribution in [0.1, 0.15) is 13.8 Å². The van der Waals surface area contributed by atoms with E-state index in [1.54, 1.807) is 0 Å². The van der Waals surface area contributed by atoms with Crippen LogP contribution < -0.4 is 5.73 Å². The van der Waals surface area contributed by atoms with E-state index in [0.29, 0.717) is 0 Å². The van der Waals surface area contributed by atoms with Crippen LogP contribution in [-0.4, -0.2) is 25.0 Å². The highest BCUT2D eigenvalue weighted by Crippen LogP contribution is 2.23. The average molecular weight is 218 g/mol. The standard InChI is InChI=1S/C7H13F2NO2.ClH/c1-4(2)5(10)7(8,9)6(11)12-3;/h4-5H,10H2,1-3H3;1H. The minimum Gasteiger partial charge on any atom is -0.465 e. The number of hydrogen-bond acceptors (Lipinski definition) is 3. The van der Waals surface area contributed by atoms with Crippen molar-refractivity contribution in [2.75, 3.05) is 7.11 Å². The van der Waals surface area contributed by atoms with Gasteiger partial charge in [0.25, 0.3) is 0 Å². The Balaban J connectivity index is 0. The molecule has 0 aromatic rings. The molecule has 0 rings (SSSR count). The van der Waals surface area contributed by atoms with E-state index in [1.165, 1.54) is 13.8 Å². The zero-order chi connectivity index (χ0) is 9.94. The predicted molar refractivity (Wildman–Crippen MR) is 47.0 cm³/mol. The molecule has 6 heteroatoms. The molecule has 0 radical (unpaired) electrons. The maximum atomic E-state index is 12.9. The van der Waals surface area contributed by atoms with Gasteiger partial charge in [-0.05, 0) is 5.92 Å². The van der Waals surface area contributed by atoms with Crippen LogP contribution in [0.4, 0.5) is 8.78 Å². The number of esters is 1. The smallest absolute Gasteiger partial charge is 0.378 e. The van der Waals surface area contributed by atoms with Crippen molar-refractivity contribution in [2.24, 2.45) is 11.7 Å². The molecule has 0 aliphatic carbocycles. The Morgan fingerprint density at radius 2 is 1.85 bits per heavy atom. The fourth-order valence-corrected chi connectivity index (χ4v) is 0.691. The first-order chi connectivity index (χ1) is 5.34. The van der Waals surface area contributed by atoms with Gasteiger partial charge in [-0.1, -0.05) is 13.8 Å². The summed E-state index contributed by atoms with van der Waals surface area (Å²) in [6, 6.07) is -1.50. The van der Waals surface area contributed by atoms with E-state index >= 15 is 0 Å². The number of ether oxygens (including phenoxy) is 1. The second kappa shape index (κ2) is 5.34. The first-order valence-corrected chi connectivity index (χ1v) is 3.55. The lowest BCUT2D eigenvalue weighted by Gasteiger charge is -2.23. The third-order valence-corrected chi connectivity index (χ3v) is 1.59. The fraction of sp³-hybridized carbons (Fsp3) is 0.857. The van der Waals surface area contributed by atoms with Gasteiger partial charge in [0.15, 0.2) is 0 Å². The van der Waals surface area contributed by atoms with Gasteiger partial charge in [0.2, 0.25) is 0 Å². The molecular formula is C7H14ClF2NO2. The van der Waals surface area contributed by atoms with Crippen molar-refractivity contribution in [1.29, 1.82) is 0 Å². The minimum absolute atomic E-state index is 0. The highest BCUT2D eigenvalue weighted by atomic mass is 35.5. The second-order valence-corrected chi connectivity index (χ2v) is 2.88. The lowest BCUT2D eigenvalue weighted by atomic mass is 9.99. The summed E-state index contributed by atoms with van der Waals surface area (Å²) in [5.74, 6) is -5.65. The van der Waals surface area contributed by atoms with E-state index in [1.807, 2.05) is 0 Å². The lowest BCUT2D eigenvalue weighted by Crippen LogP contribution is -2.50. The van der Waals surface area contributed by atoms with Gasteiger partial charge in [0.05, 0.1) is 13.2 Å². The first kappa shape index (κ1) is 15.1. The van der Waals surface area contributed by atoms with E-state index in [2.05, 4.69) is 4.74 Å². The predicted octanol–water partition coefficient (Wildman–Crippen LogP) is 1.20. The van der Waals surface area contributed by atoms with Crippen molar-refractivity contribution < 1.29 is 18.3 Å². The molecule has 0 saturated heterocycles. The Morgan fingerprint density at radius 1 is 1.46 bits per heavy atom. The van der Waals surface area contributed by atoms with Crippen LogP contribution in [0.3, 0.4) is 0 Å². The molecule has 3 nitrogen and oxygen atoms in total. The summed E-state index contributed by atoms with van der Waals surface area (Å²) in [6.45, 7) is 3.03. The number of halogens is 3. The average Bonchev–Trinajstić information content (AvgIpc) is 2.01. The number of alkyl halides is 2. The molecule has 0 spiro atoms. The lowest BCUT2D eigenvalue weighted by molar-refractivity contribution is -0.173. The molecule has 0 aliphatic heterocycles. The number of carbonyl (C=O) groups is 1. The molecule has 0 amide bonds. The highest BCUT2D eigenvalue weighted by Gasteiger charge is 2.47. The SMILES string of the molecule is COC(=O)C(F)(F)C(N)C(C)C.Cl. The number of nitrogens with two attached hydrogens (primary N) is 1. The van der Waals surface area contributed by atoms with Crippen LogP contribution in [0.15, 0.2) is 0 Å². The monoisotopic (exact) mass is 217 g/mol. The third kappa shape index (κ3) is 3.44. The van der Waals surface area contributed by atoms with Crippen LogP contribution in [0.5, 0.6) is 0 Å². The van der Waals surface area contributed by atoms with E-state index < -0.39 is 23.9 Å². The molecule has 13 heavy (non-hydrogen) atoms. The van der Waals surface area contributed by atoms with E-state index in [0.717, 1.165) is 7.11 Å². The molecule has 0 aromatic heterocycles. The number of carbonyl (C=O) groups excluding carboxylic acids is 1. The van der Waals surface area contributed by atoms with Crippen LogP contribution in [0.25, 0.3) is 0 Å². The Kier molecular flexibility index (Phi) is 6.19. The van der Waals surface area contributed by atoms with Crippen LogP contribution in [0.2, 0.25) is 0 Å². The zero-order valence-corrected chi connectivity index (χ0v) is 8.53. The van der Waals surface area contributed by atoms with Crippen molar-refractivity contribution in [3.05, 3.63) is 0 Å². The molecule has 0 aliphatic rings. The molecule has 0 aromatic carbocycles. The third-order valence-electron chi connectivity index (χ3n) is 1.59.